The summed E-state index contributed by atoms with van der Waals surface area (Å²) in [6.45, 7) is 3.97. The summed E-state index contributed by atoms with van der Waals surface area (Å²) in [7, 11) is 0. The monoisotopic (exact) mass is 377 g/mol. The highest BCUT2D eigenvalue weighted by atomic mass is 16.3. The molecule has 0 spiro atoms. The van der Waals surface area contributed by atoms with Crippen molar-refractivity contribution in [2.45, 2.75) is 26.3 Å². The fourth-order valence-corrected chi connectivity index (χ4v) is 3.30. The van der Waals surface area contributed by atoms with Crippen LogP contribution in [-0.4, -0.2) is 43.8 Å². The lowest BCUT2D eigenvalue weighted by atomic mass is 9.99. The van der Waals surface area contributed by atoms with E-state index in [2.05, 4.69) is 25.5 Å². The molecular weight excluding hydrogens is 354 g/mol. The molecule has 4 aromatic rings. The fourth-order valence-electron chi connectivity index (χ4n) is 3.30. The molecule has 2 aromatic heterocycles. The van der Waals surface area contributed by atoms with Crippen molar-refractivity contribution in [3.63, 3.8) is 0 Å². The predicted molar refractivity (Wildman–Crippen MR) is 109 cm³/mol. The zero-order chi connectivity index (χ0) is 19.7. The zero-order valence-electron chi connectivity index (χ0n) is 15.9. The molecule has 7 heteroatoms. The smallest absolute Gasteiger partial charge is 0.251 e. The first-order chi connectivity index (χ1) is 13.6. The first-order valence-corrected chi connectivity index (χ1v) is 9.45. The van der Waals surface area contributed by atoms with E-state index in [9.17, 15) is 9.90 Å². The number of para-hydroxylation sites is 2. The number of aliphatic hydroxyl groups excluding tert-OH is 1. The minimum absolute atomic E-state index is 0.0844. The number of rotatable bonds is 6. The Morgan fingerprint density at radius 1 is 1.21 bits per heavy atom. The molecule has 1 amide bonds. The summed E-state index contributed by atoms with van der Waals surface area (Å²) in [5.74, 6) is 0.633. The van der Waals surface area contributed by atoms with Crippen LogP contribution in [0.5, 0.6) is 0 Å². The van der Waals surface area contributed by atoms with Crippen LogP contribution in [0.15, 0.2) is 42.5 Å². The Morgan fingerprint density at radius 2 is 2.04 bits per heavy atom. The number of amides is 1. The topological polar surface area (TPSA) is 107 Å². The van der Waals surface area contributed by atoms with Crippen molar-refractivity contribution in [3.8, 4) is 11.5 Å². The van der Waals surface area contributed by atoms with Crippen molar-refractivity contribution < 1.29 is 9.90 Å². The molecule has 7 nitrogen and oxygen atoms in total. The maximum Gasteiger partial charge on any atom is 0.251 e. The highest BCUT2D eigenvalue weighted by Gasteiger charge is 2.19. The maximum absolute atomic E-state index is 12.7. The number of hydrogen-bond donors (Lipinski definition) is 4. The maximum atomic E-state index is 12.7. The summed E-state index contributed by atoms with van der Waals surface area (Å²) in [6, 6.07) is 12.9. The van der Waals surface area contributed by atoms with Gasteiger partial charge in [0.25, 0.3) is 5.91 Å². The lowest BCUT2D eigenvalue weighted by Crippen LogP contribution is -2.41. The molecule has 0 fully saturated rings. The molecule has 0 radical (unpaired) electrons. The summed E-state index contributed by atoms with van der Waals surface area (Å²) in [6.07, 6.45) is 0.877. The molecule has 0 aliphatic rings. The highest BCUT2D eigenvalue weighted by molar-refractivity contribution is 6.01. The Hall–Kier alpha value is -3.19. The van der Waals surface area contributed by atoms with E-state index in [1.54, 1.807) is 6.07 Å². The van der Waals surface area contributed by atoms with Gasteiger partial charge in [0.15, 0.2) is 5.82 Å². The molecule has 0 aliphatic heterocycles. The number of aliphatic hydroxyl groups is 1. The van der Waals surface area contributed by atoms with Crippen LogP contribution in [0.1, 0.15) is 30.6 Å². The normalized spacial score (nSPS) is 13.7. The van der Waals surface area contributed by atoms with Gasteiger partial charge in [0, 0.05) is 10.9 Å². The second-order valence-corrected chi connectivity index (χ2v) is 7.08. The number of aromatic amines is 2. The molecule has 4 N–H and O–H groups in total. The first kappa shape index (κ1) is 18.2. The SMILES string of the molecule is CCC(C)C(CO)NC(=O)c1ccc2[nH]nc(-c3nc4ccccc4[nH]3)c2c1. The summed E-state index contributed by atoms with van der Waals surface area (Å²) in [5.41, 5.74) is 3.81. The van der Waals surface area contributed by atoms with Crippen LogP contribution in [0.2, 0.25) is 0 Å². The second kappa shape index (κ2) is 7.44. The van der Waals surface area contributed by atoms with Gasteiger partial charge in [-0.25, -0.2) is 4.98 Å². The van der Waals surface area contributed by atoms with Crippen LogP contribution in [0.3, 0.4) is 0 Å². The molecule has 4 rings (SSSR count). The molecule has 28 heavy (non-hydrogen) atoms. The Balaban J connectivity index is 1.69. The van der Waals surface area contributed by atoms with Crippen LogP contribution >= 0.6 is 0 Å². The second-order valence-electron chi connectivity index (χ2n) is 7.08. The van der Waals surface area contributed by atoms with Gasteiger partial charge in [0.2, 0.25) is 0 Å². The fraction of sp³-hybridized carbons (Fsp3) is 0.286. The highest BCUT2D eigenvalue weighted by Crippen LogP contribution is 2.27. The number of nitrogens with one attached hydrogen (secondary N) is 3. The van der Waals surface area contributed by atoms with Gasteiger partial charge in [-0.05, 0) is 36.2 Å². The number of H-pyrrole nitrogens is 2. The van der Waals surface area contributed by atoms with E-state index in [4.69, 9.17) is 0 Å². The van der Waals surface area contributed by atoms with Gasteiger partial charge in [-0.3, -0.25) is 9.89 Å². The van der Waals surface area contributed by atoms with Gasteiger partial charge in [0.05, 0.1) is 29.2 Å². The van der Waals surface area contributed by atoms with Crippen molar-refractivity contribution in [2.24, 2.45) is 5.92 Å². The van der Waals surface area contributed by atoms with Crippen LogP contribution < -0.4 is 5.32 Å². The van der Waals surface area contributed by atoms with E-state index in [1.807, 2.05) is 50.2 Å². The van der Waals surface area contributed by atoms with Gasteiger partial charge in [0.1, 0.15) is 5.69 Å². The van der Waals surface area contributed by atoms with Gasteiger partial charge in [-0.15, -0.1) is 0 Å². The molecular formula is C21H23N5O2. The van der Waals surface area contributed by atoms with Crippen molar-refractivity contribution in [1.82, 2.24) is 25.5 Å². The molecule has 0 bridgehead atoms. The van der Waals surface area contributed by atoms with Gasteiger partial charge < -0.3 is 15.4 Å². The standard InChI is InChI=1S/C21H23N5O2/c1-3-12(2)18(11-27)24-21(28)13-8-9-15-14(10-13)19(26-25-15)20-22-16-6-4-5-7-17(16)23-20/h4-10,12,18,27H,3,11H2,1-2H3,(H,22,23)(H,24,28)(H,25,26). The summed E-state index contributed by atoms with van der Waals surface area (Å²) >= 11 is 0. The summed E-state index contributed by atoms with van der Waals surface area (Å²) in [5, 5.41) is 20.7. The summed E-state index contributed by atoms with van der Waals surface area (Å²) in [4.78, 5) is 20.6. The van der Waals surface area contributed by atoms with Crippen LogP contribution in [0.25, 0.3) is 33.5 Å². The van der Waals surface area contributed by atoms with Gasteiger partial charge >= 0.3 is 0 Å². The number of hydrogen-bond acceptors (Lipinski definition) is 4. The lowest BCUT2D eigenvalue weighted by molar-refractivity contribution is 0.0891. The number of carbonyl (C=O) groups is 1. The van der Waals surface area contributed by atoms with E-state index in [0.717, 1.165) is 28.4 Å². The Kier molecular flexibility index (Phi) is 4.83. The van der Waals surface area contributed by atoms with E-state index in [0.29, 0.717) is 17.1 Å². The number of carbonyl (C=O) groups excluding carboxylic acids is 1. The Labute approximate surface area is 162 Å². The third kappa shape index (κ3) is 3.25. The molecule has 2 aromatic carbocycles. The molecule has 144 valence electrons. The molecule has 2 heterocycles. The van der Waals surface area contributed by atoms with Crippen molar-refractivity contribution >= 4 is 27.8 Å². The molecule has 0 saturated carbocycles. The average Bonchev–Trinajstić information content (AvgIpc) is 3.34. The van der Waals surface area contributed by atoms with Crippen LogP contribution in [0, 0.1) is 5.92 Å². The van der Waals surface area contributed by atoms with Crippen molar-refractivity contribution in [3.05, 3.63) is 48.0 Å². The van der Waals surface area contributed by atoms with E-state index in [-0.39, 0.29) is 24.5 Å². The largest absolute Gasteiger partial charge is 0.394 e. The first-order valence-electron chi connectivity index (χ1n) is 9.45. The van der Waals surface area contributed by atoms with Crippen LogP contribution in [0.4, 0.5) is 0 Å². The van der Waals surface area contributed by atoms with E-state index in [1.165, 1.54) is 0 Å². The number of aromatic nitrogens is 4. The van der Waals surface area contributed by atoms with Crippen molar-refractivity contribution in [2.75, 3.05) is 6.61 Å². The number of nitrogens with zero attached hydrogens (tertiary/aromatic N) is 2. The number of fused-ring (bicyclic) bond motifs is 2. The van der Waals surface area contributed by atoms with Gasteiger partial charge in [-0.1, -0.05) is 32.4 Å². The molecule has 2 atom stereocenters. The average molecular weight is 377 g/mol. The molecule has 0 saturated heterocycles. The zero-order valence-corrected chi connectivity index (χ0v) is 15.9. The minimum Gasteiger partial charge on any atom is -0.394 e. The van der Waals surface area contributed by atoms with Crippen LogP contribution in [-0.2, 0) is 0 Å². The molecule has 2 unspecified atom stereocenters. The van der Waals surface area contributed by atoms with E-state index >= 15 is 0 Å². The minimum atomic E-state index is -0.271. The van der Waals surface area contributed by atoms with E-state index < -0.39 is 0 Å². The Morgan fingerprint density at radius 3 is 2.79 bits per heavy atom. The molecule has 0 aliphatic carbocycles. The van der Waals surface area contributed by atoms with Gasteiger partial charge in [-0.2, -0.15) is 5.10 Å². The summed E-state index contributed by atoms with van der Waals surface area (Å²) < 4.78 is 0. The quantitative estimate of drug-likeness (QED) is 0.414. The third-order valence-electron chi connectivity index (χ3n) is 5.28. The van der Waals surface area contributed by atoms with Crippen molar-refractivity contribution in [1.29, 1.82) is 0 Å². The number of benzene rings is 2. The lowest BCUT2D eigenvalue weighted by Gasteiger charge is -2.22. The predicted octanol–water partition coefficient (Wildman–Crippen LogP) is 3.24. The third-order valence-corrected chi connectivity index (χ3v) is 5.28. The Bertz CT molecular complexity index is 1100. The number of imidazole rings is 1.